The van der Waals surface area contributed by atoms with E-state index >= 15 is 0 Å². The second-order valence-corrected chi connectivity index (χ2v) is 8.42. The van der Waals surface area contributed by atoms with Crippen molar-refractivity contribution in [3.63, 3.8) is 0 Å². The van der Waals surface area contributed by atoms with Crippen LogP contribution in [-0.4, -0.2) is 39.2 Å². The van der Waals surface area contributed by atoms with Gasteiger partial charge in [0.2, 0.25) is 0 Å². The Balaban J connectivity index is 1.52. The van der Waals surface area contributed by atoms with E-state index < -0.39 is 6.03 Å². The molecular formula is C27H29FN4O4. The van der Waals surface area contributed by atoms with E-state index in [2.05, 4.69) is 20.9 Å². The zero-order valence-electron chi connectivity index (χ0n) is 20.3. The molecule has 3 amide bonds. The molecule has 188 valence electrons. The summed E-state index contributed by atoms with van der Waals surface area (Å²) in [4.78, 5) is 27.9. The average molecular weight is 493 g/mol. The lowest BCUT2D eigenvalue weighted by atomic mass is 10.1. The van der Waals surface area contributed by atoms with E-state index in [4.69, 9.17) is 9.47 Å². The summed E-state index contributed by atoms with van der Waals surface area (Å²) in [7, 11) is 3.07. The highest BCUT2D eigenvalue weighted by Gasteiger charge is 2.19. The molecule has 36 heavy (non-hydrogen) atoms. The molecule has 9 heteroatoms. The van der Waals surface area contributed by atoms with Gasteiger partial charge in [0.15, 0.2) is 0 Å². The summed E-state index contributed by atoms with van der Waals surface area (Å²) in [6, 6.07) is 15.9. The van der Waals surface area contributed by atoms with E-state index in [0.717, 1.165) is 31.6 Å². The molecule has 0 saturated carbocycles. The summed E-state index contributed by atoms with van der Waals surface area (Å²) >= 11 is 0. The number of benzene rings is 3. The third-order valence-corrected chi connectivity index (χ3v) is 5.91. The molecule has 0 radical (unpaired) electrons. The van der Waals surface area contributed by atoms with Crippen LogP contribution in [0.3, 0.4) is 0 Å². The minimum Gasteiger partial charge on any atom is -0.497 e. The number of urea groups is 1. The van der Waals surface area contributed by atoms with Crippen LogP contribution < -0.4 is 30.3 Å². The van der Waals surface area contributed by atoms with Crippen LogP contribution in [-0.2, 0) is 6.54 Å². The van der Waals surface area contributed by atoms with Crippen molar-refractivity contribution in [1.29, 1.82) is 0 Å². The van der Waals surface area contributed by atoms with Crippen LogP contribution in [0.5, 0.6) is 11.5 Å². The monoisotopic (exact) mass is 492 g/mol. The van der Waals surface area contributed by atoms with Crippen LogP contribution in [0.25, 0.3) is 0 Å². The fraction of sp³-hybridized carbons (Fsp3) is 0.259. The standard InChI is InChI=1S/C27H29FN4O4/c1-35-22-14-21(15-23(16-22)36-2)30-27(34)31-24-13-19(8-9-25(24)32-10-3-4-11-32)26(33)29-17-18-6-5-7-20(28)12-18/h5-9,12-16H,3-4,10-11,17H2,1-2H3,(H,29,33)(H2,30,31,34). The fourth-order valence-electron chi connectivity index (χ4n) is 4.11. The number of rotatable bonds is 8. The first-order valence-corrected chi connectivity index (χ1v) is 11.7. The summed E-state index contributed by atoms with van der Waals surface area (Å²) in [6.07, 6.45) is 2.12. The second kappa shape index (κ2) is 11.4. The van der Waals surface area contributed by atoms with Gasteiger partial charge >= 0.3 is 6.03 Å². The van der Waals surface area contributed by atoms with Crippen molar-refractivity contribution in [2.24, 2.45) is 0 Å². The maximum Gasteiger partial charge on any atom is 0.323 e. The number of methoxy groups -OCH3 is 2. The summed E-state index contributed by atoms with van der Waals surface area (Å²) < 4.78 is 24.0. The maximum atomic E-state index is 13.4. The molecule has 3 aromatic rings. The zero-order valence-corrected chi connectivity index (χ0v) is 20.3. The summed E-state index contributed by atoms with van der Waals surface area (Å²) in [5, 5.41) is 8.48. The Morgan fingerprint density at radius 1 is 0.917 bits per heavy atom. The molecule has 1 aliphatic heterocycles. The van der Waals surface area contributed by atoms with E-state index in [1.54, 1.807) is 42.5 Å². The van der Waals surface area contributed by atoms with Crippen LogP contribution in [0.1, 0.15) is 28.8 Å². The number of hydrogen-bond donors (Lipinski definition) is 3. The number of anilines is 3. The van der Waals surface area contributed by atoms with Crippen LogP contribution in [0.2, 0.25) is 0 Å². The molecule has 3 N–H and O–H groups in total. The van der Waals surface area contributed by atoms with E-state index in [1.807, 2.05) is 6.07 Å². The molecule has 0 bridgehead atoms. The molecule has 0 aromatic heterocycles. The molecule has 3 aromatic carbocycles. The summed E-state index contributed by atoms with van der Waals surface area (Å²) in [6.45, 7) is 1.92. The molecule has 0 spiro atoms. The maximum absolute atomic E-state index is 13.4. The number of amides is 3. The number of hydrogen-bond acceptors (Lipinski definition) is 5. The molecule has 0 unspecified atom stereocenters. The van der Waals surface area contributed by atoms with Gasteiger partial charge in [-0.15, -0.1) is 0 Å². The summed E-state index contributed by atoms with van der Waals surface area (Å²) in [5.74, 6) is 0.398. The lowest BCUT2D eigenvalue weighted by Gasteiger charge is -2.22. The highest BCUT2D eigenvalue weighted by atomic mass is 19.1. The van der Waals surface area contributed by atoms with Gasteiger partial charge in [-0.2, -0.15) is 0 Å². The molecule has 1 saturated heterocycles. The Hall–Kier alpha value is -4.27. The Bertz CT molecular complexity index is 1220. The van der Waals surface area contributed by atoms with Gasteiger partial charge in [0.1, 0.15) is 17.3 Å². The van der Waals surface area contributed by atoms with Crippen molar-refractivity contribution >= 4 is 29.0 Å². The first-order chi connectivity index (χ1) is 17.4. The van der Waals surface area contributed by atoms with Crippen LogP contribution >= 0.6 is 0 Å². The molecular weight excluding hydrogens is 463 g/mol. The molecule has 1 fully saturated rings. The van der Waals surface area contributed by atoms with Crippen LogP contribution in [0, 0.1) is 5.82 Å². The minimum atomic E-state index is -0.469. The van der Waals surface area contributed by atoms with E-state index in [0.29, 0.717) is 34.0 Å². The first kappa shape index (κ1) is 24.8. The third-order valence-electron chi connectivity index (χ3n) is 5.91. The second-order valence-electron chi connectivity index (χ2n) is 8.42. The first-order valence-electron chi connectivity index (χ1n) is 11.7. The molecule has 8 nitrogen and oxygen atoms in total. The van der Waals surface area contributed by atoms with Crippen LogP contribution in [0.15, 0.2) is 60.7 Å². The highest BCUT2D eigenvalue weighted by Crippen LogP contribution is 2.31. The van der Waals surface area contributed by atoms with Gasteiger partial charge in [-0.05, 0) is 48.7 Å². The van der Waals surface area contributed by atoms with Gasteiger partial charge in [0, 0.05) is 49.1 Å². The Morgan fingerprint density at radius 3 is 2.31 bits per heavy atom. The Labute approximate surface area is 209 Å². The molecule has 4 rings (SSSR count). The average Bonchev–Trinajstić information content (AvgIpc) is 3.41. The van der Waals surface area contributed by atoms with Crippen molar-refractivity contribution in [3.05, 3.63) is 77.6 Å². The van der Waals surface area contributed by atoms with Crippen molar-refractivity contribution in [3.8, 4) is 11.5 Å². The van der Waals surface area contributed by atoms with Gasteiger partial charge in [-0.25, -0.2) is 9.18 Å². The van der Waals surface area contributed by atoms with Gasteiger partial charge < -0.3 is 30.3 Å². The fourth-order valence-corrected chi connectivity index (χ4v) is 4.11. The van der Waals surface area contributed by atoms with Crippen LogP contribution in [0.4, 0.5) is 26.2 Å². The van der Waals surface area contributed by atoms with E-state index in [1.165, 1.54) is 26.4 Å². The lowest BCUT2D eigenvalue weighted by Crippen LogP contribution is -2.26. The Kier molecular flexibility index (Phi) is 7.89. The number of carbonyl (C=O) groups excluding carboxylic acids is 2. The molecule has 0 atom stereocenters. The quantitative estimate of drug-likeness (QED) is 0.411. The zero-order chi connectivity index (χ0) is 25.5. The van der Waals surface area contributed by atoms with Gasteiger partial charge in [0.05, 0.1) is 25.6 Å². The predicted octanol–water partition coefficient (Wildman–Crippen LogP) is 5.02. The topological polar surface area (TPSA) is 91.9 Å². The van der Waals surface area contributed by atoms with Crippen molar-refractivity contribution in [2.75, 3.05) is 42.8 Å². The normalized spacial score (nSPS) is 12.7. The van der Waals surface area contributed by atoms with E-state index in [-0.39, 0.29) is 18.3 Å². The number of nitrogens with one attached hydrogen (secondary N) is 3. The third kappa shape index (κ3) is 6.24. The molecule has 0 aliphatic carbocycles. The minimum absolute atomic E-state index is 0.186. The Morgan fingerprint density at radius 2 is 1.64 bits per heavy atom. The van der Waals surface area contributed by atoms with Crippen molar-refractivity contribution < 1.29 is 23.5 Å². The SMILES string of the molecule is COc1cc(NC(=O)Nc2cc(C(=O)NCc3cccc(F)c3)ccc2N2CCCC2)cc(OC)c1. The van der Waals surface area contributed by atoms with E-state index in [9.17, 15) is 14.0 Å². The summed E-state index contributed by atoms with van der Waals surface area (Å²) in [5.41, 5.74) is 2.89. The lowest BCUT2D eigenvalue weighted by molar-refractivity contribution is 0.0951. The highest BCUT2D eigenvalue weighted by molar-refractivity contribution is 6.04. The number of carbonyl (C=O) groups is 2. The smallest absolute Gasteiger partial charge is 0.323 e. The number of ether oxygens (including phenoxy) is 2. The van der Waals surface area contributed by atoms with Gasteiger partial charge in [0.25, 0.3) is 5.91 Å². The number of halogens is 1. The molecule has 1 heterocycles. The van der Waals surface area contributed by atoms with Crippen molar-refractivity contribution in [1.82, 2.24) is 5.32 Å². The van der Waals surface area contributed by atoms with Crippen molar-refractivity contribution in [2.45, 2.75) is 19.4 Å². The van der Waals surface area contributed by atoms with Gasteiger partial charge in [-0.3, -0.25) is 4.79 Å². The van der Waals surface area contributed by atoms with Gasteiger partial charge in [-0.1, -0.05) is 12.1 Å². The number of nitrogens with zero attached hydrogens (tertiary/aromatic N) is 1. The molecule has 1 aliphatic rings. The predicted molar refractivity (Wildman–Crippen MR) is 138 cm³/mol. The largest absolute Gasteiger partial charge is 0.497 e.